The minimum Gasteiger partial charge on any atom is -0.296 e. The number of nitrogens with one attached hydrogen (secondary N) is 2. The van der Waals surface area contributed by atoms with Crippen LogP contribution in [0, 0.1) is 6.92 Å². The number of amides is 1. The number of anilines is 1. The first kappa shape index (κ1) is 18.7. The van der Waals surface area contributed by atoms with Crippen LogP contribution in [0.5, 0.6) is 0 Å². The Morgan fingerprint density at radius 2 is 2.12 bits per heavy atom. The monoisotopic (exact) mass is 392 g/mol. The van der Waals surface area contributed by atoms with Crippen LogP contribution in [0.15, 0.2) is 40.3 Å². The van der Waals surface area contributed by atoms with Crippen molar-refractivity contribution >= 4 is 32.4 Å². The van der Waals surface area contributed by atoms with E-state index in [1.807, 2.05) is 13.0 Å². The van der Waals surface area contributed by atoms with Crippen LogP contribution in [0.1, 0.15) is 41.6 Å². The molecule has 1 aliphatic rings. The summed E-state index contributed by atoms with van der Waals surface area (Å²) in [4.78, 5) is 12.2. The van der Waals surface area contributed by atoms with Gasteiger partial charge in [-0.15, -0.1) is 10.2 Å². The van der Waals surface area contributed by atoms with Crippen molar-refractivity contribution in [2.45, 2.75) is 36.9 Å². The summed E-state index contributed by atoms with van der Waals surface area (Å²) in [5.74, 6) is -0.353. The van der Waals surface area contributed by atoms with Gasteiger partial charge in [0.1, 0.15) is 0 Å². The lowest BCUT2D eigenvalue weighted by Gasteiger charge is -2.12. The first-order valence-electron chi connectivity index (χ1n) is 8.33. The van der Waals surface area contributed by atoms with Crippen molar-refractivity contribution in [2.75, 3.05) is 11.9 Å². The highest BCUT2D eigenvalue weighted by atomic mass is 32.2. The minimum absolute atomic E-state index is 0.147. The Kier molecular flexibility index (Phi) is 5.80. The van der Waals surface area contributed by atoms with Gasteiger partial charge in [-0.3, -0.25) is 10.1 Å². The molecule has 0 radical (unpaired) electrons. The average Bonchev–Trinajstić information content (AvgIpc) is 3.10. The van der Waals surface area contributed by atoms with E-state index in [9.17, 15) is 13.2 Å². The summed E-state index contributed by atoms with van der Waals surface area (Å²) >= 11 is 0.830. The molecule has 0 spiro atoms. The molecule has 0 bridgehead atoms. The van der Waals surface area contributed by atoms with Crippen LogP contribution < -0.4 is 10.0 Å². The number of nitrogens with zero attached hydrogens (tertiary/aromatic N) is 2. The van der Waals surface area contributed by atoms with Crippen molar-refractivity contribution in [1.82, 2.24) is 14.9 Å². The number of hydrogen-bond donors (Lipinski definition) is 2. The molecular formula is C17H20N4O3S2. The normalized spacial score (nSPS) is 14.7. The number of carbonyl (C=O) groups excluding carboxylic acids is 1. The van der Waals surface area contributed by atoms with Gasteiger partial charge in [-0.2, -0.15) is 0 Å². The molecule has 2 N–H and O–H groups in total. The zero-order chi connectivity index (χ0) is 18.6. The summed E-state index contributed by atoms with van der Waals surface area (Å²) in [7, 11) is -3.74. The summed E-state index contributed by atoms with van der Waals surface area (Å²) in [6.07, 6.45) is 6.22. The molecule has 1 amide bonds. The van der Waals surface area contributed by atoms with E-state index in [2.05, 4.69) is 26.3 Å². The Morgan fingerprint density at radius 1 is 1.27 bits per heavy atom. The summed E-state index contributed by atoms with van der Waals surface area (Å²) in [5.41, 5.74) is 2.53. The van der Waals surface area contributed by atoms with Crippen molar-refractivity contribution in [2.24, 2.45) is 0 Å². The molecule has 1 heterocycles. The van der Waals surface area contributed by atoms with Gasteiger partial charge in [0.2, 0.25) is 9.47 Å². The van der Waals surface area contributed by atoms with Crippen molar-refractivity contribution < 1.29 is 13.2 Å². The molecule has 0 fully saturated rings. The van der Waals surface area contributed by atoms with Crippen LogP contribution in [0.4, 0.5) is 5.13 Å². The SMILES string of the molecule is Cc1cccc(C(=O)Nc2nnc(S(=O)(=O)NCC3=CCCCC3)s2)c1. The van der Waals surface area contributed by atoms with Gasteiger partial charge in [-0.1, -0.05) is 40.7 Å². The first-order valence-corrected chi connectivity index (χ1v) is 10.6. The Labute approximate surface area is 156 Å². The lowest BCUT2D eigenvalue weighted by atomic mass is 10.0. The molecule has 0 saturated heterocycles. The summed E-state index contributed by atoms with van der Waals surface area (Å²) < 4.78 is 27.1. The van der Waals surface area contributed by atoms with E-state index >= 15 is 0 Å². The second kappa shape index (κ2) is 8.07. The molecule has 1 aromatic heterocycles. The molecule has 26 heavy (non-hydrogen) atoms. The minimum atomic E-state index is -3.74. The van der Waals surface area contributed by atoms with E-state index < -0.39 is 10.0 Å². The van der Waals surface area contributed by atoms with Gasteiger partial charge >= 0.3 is 0 Å². The quantitative estimate of drug-likeness (QED) is 0.581. The Bertz CT molecular complexity index is 935. The highest BCUT2D eigenvalue weighted by Crippen LogP contribution is 2.22. The summed E-state index contributed by atoms with van der Waals surface area (Å²) in [6.45, 7) is 2.17. The van der Waals surface area contributed by atoms with Crippen molar-refractivity contribution in [3.63, 3.8) is 0 Å². The molecule has 0 saturated carbocycles. The molecule has 9 heteroatoms. The second-order valence-electron chi connectivity index (χ2n) is 6.13. The Hall–Kier alpha value is -2.10. The van der Waals surface area contributed by atoms with E-state index in [0.29, 0.717) is 5.56 Å². The highest BCUT2D eigenvalue weighted by Gasteiger charge is 2.21. The molecule has 0 aliphatic heterocycles. The third-order valence-corrected chi connectivity index (χ3v) is 6.62. The van der Waals surface area contributed by atoms with Crippen LogP contribution in [-0.4, -0.2) is 31.1 Å². The molecule has 1 aromatic carbocycles. The average molecular weight is 393 g/mol. The van der Waals surface area contributed by atoms with Gasteiger partial charge < -0.3 is 0 Å². The molecule has 2 aromatic rings. The zero-order valence-corrected chi connectivity index (χ0v) is 16.0. The number of hydrogen-bond acceptors (Lipinski definition) is 6. The number of aryl methyl sites for hydroxylation is 1. The van der Waals surface area contributed by atoms with Crippen molar-refractivity contribution in [1.29, 1.82) is 0 Å². The molecule has 7 nitrogen and oxygen atoms in total. The van der Waals surface area contributed by atoms with Gasteiger partial charge in [-0.05, 0) is 44.7 Å². The molecule has 1 aliphatic carbocycles. The van der Waals surface area contributed by atoms with Crippen LogP contribution in [-0.2, 0) is 10.0 Å². The molecule has 0 atom stereocenters. The topological polar surface area (TPSA) is 101 Å². The lowest BCUT2D eigenvalue weighted by Crippen LogP contribution is -2.26. The number of sulfonamides is 1. The summed E-state index contributed by atoms with van der Waals surface area (Å²) in [5, 5.41) is 10.2. The van der Waals surface area contributed by atoms with E-state index in [4.69, 9.17) is 0 Å². The third-order valence-electron chi connectivity index (χ3n) is 4.01. The standard InChI is InChI=1S/C17H20N4O3S2/c1-12-6-5-9-14(10-12)15(22)19-16-20-21-17(25-16)26(23,24)18-11-13-7-3-2-4-8-13/h5-7,9-10,18H,2-4,8,11H2,1H3,(H,19,20,22). The fraction of sp³-hybridized carbons (Fsp3) is 0.353. The van der Waals surface area contributed by atoms with Crippen molar-refractivity contribution in [3.05, 3.63) is 47.0 Å². The maximum Gasteiger partial charge on any atom is 0.270 e. The fourth-order valence-electron chi connectivity index (χ4n) is 2.64. The number of rotatable bonds is 6. The molecule has 0 unspecified atom stereocenters. The third kappa shape index (κ3) is 4.75. The van der Waals surface area contributed by atoms with Gasteiger partial charge in [-0.25, -0.2) is 13.1 Å². The zero-order valence-electron chi connectivity index (χ0n) is 14.4. The first-order chi connectivity index (χ1) is 12.4. The summed E-state index contributed by atoms with van der Waals surface area (Å²) in [6, 6.07) is 7.10. The Balaban J connectivity index is 1.64. The van der Waals surface area contributed by atoms with E-state index in [1.165, 1.54) is 0 Å². The molecule has 3 rings (SSSR count). The molecular weight excluding hydrogens is 372 g/mol. The smallest absolute Gasteiger partial charge is 0.270 e. The van der Waals surface area contributed by atoms with Crippen LogP contribution in [0.25, 0.3) is 0 Å². The molecule has 138 valence electrons. The maximum atomic E-state index is 12.3. The van der Waals surface area contributed by atoms with Crippen molar-refractivity contribution in [3.8, 4) is 0 Å². The lowest BCUT2D eigenvalue weighted by molar-refractivity contribution is 0.102. The van der Waals surface area contributed by atoms with E-state index in [-0.39, 0.29) is 21.9 Å². The predicted octanol–water partition coefficient (Wildman–Crippen LogP) is 2.88. The maximum absolute atomic E-state index is 12.3. The van der Waals surface area contributed by atoms with Crippen LogP contribution in [0.2, 0.25) is 0 Å². The van der Waals surface area contributed by atoms with Crippen LogP contribution >= 0.6 is 11.3 Å². The van der Waals surface area contributed by atoms with Gasteiger partial charge in [0.05, 0.1) is 0 Å². The fourth-order valence-corrected chi connectivity index (χ4v) is 4.61. The van der Waals surface area contributed by atoms with Gasteiger partial charge in [0.15, 0.2) is 0 Å². The Morgan fingerprint density at radius 3 is 2.85 bits per heavy atom. The van der Waals surface area contributed by atoms with E-state index in [0.717, 1.165) is 48.2 Å². The highest BCUT2D eigenvalue weighted by molar-refractivity contribution is 7.91. The number of benzene rings is 1. The predicted molar refractivity (Wildman–Crippen MR) is 101 cm³/mol. The second-order valence-corrected chi connectivity index (χ2v) is 9.05. The number of aromatic nitrogens is 2. The number of allylic oxidation sites excluding steroid dienone is 1. The van der Waals surface area contributed by atoms with Gasteiger partial charge in [0.25, 0.3) is 15.9 Å². The van der Waals surface area contributed by atoms with Crippen LogP contribution in [0.3, 0.4) is 0 Å². The largest absolute Gasteiger partial charge is 0.296 e. The number of carbonyl (C=O) groups is 1. The van der Waals surface area contributed by atoms with E-state index in [1.54, 1.807) is 18.2 Å². The van der Waals surface area contributed by atoms with Gasteiger partial charge in [0, 0.05) is 12.1 Å².